The Morgan fingerprint density at radius 1 is 0.727 bits per heavy atom. The van der Waals surface area contributed by atoms with Crippen LogP contribution >= 0.6 is 0 Å². The summed E-state index contributed by atoms with van der Waals surface area (Å²) in [5, 5.41) is 0. The van der Waals surface area contributed by atoms with E-state index in [1.807, 2.05) is 0 Å². The number of allylic oxidation sites excluding steroid dienone is 4. The van der Waals surface area contributed by atoms with Gasteiger partial charge in [-0.1, -0.05) is 30.3 Å². The van der Waals surface area contributed by atoms with E-state index >= 15 is 0 Å². The molecule has 0 radical (unpaired) electrons. The molecule has 22 heavy (non-hydrogen) atoms. The average Bonchev–Trinajstić information content (AvgIpc) is 2.50. The van der Waals surface area contributed by atoms with E-state index in [0.717, 1.165) is 6.08 Å². The van der Waals surface area contributed by atoms with Gasteiger partial charge in [0.25, 0.3) is 0 Å². The van der Waals surface area contributed by atoms with Crippen LogP contribution in [0, 0.1) is 11.6 Å². The third-order valence-corrected chi connectivity index (χ3v) is 3.67. The van der Waals surface area contributed by atoms with Crippen LogP contribution in [0.15, 0.2) is 60.2 Å². The highest BCUT2D eigenvalue weighted by atomic mass is 19.2. The summed E-state index contributed by atoms with van der Waals surface area (Å²) < 4.78 is 54.3. The minimum Gasteiger partial charge on any atom is -0.209 e. The maximum atomic E-state index is 14.3. The van der Waals surface area contributed by atoms with Crippen molar-refractivity contribution >= 4 is 5.57 Å². The maximum absolute atomic E-state index is 14.3. The van der Waals surface area contributed by atoms with Gasteiger partial charge in [0.15, 0.2) is 5.83 Å². The summed E-state index contributed by atoms with van der Waals surface area (Å²) >= 11 is 0. The molecule has 0 amide bonds. The van der Waals surface area contributed by atoms with Crippen molar-refractivity contribution in [2.24, 2.45) is 0 Å². The van der Waals surface area contributed by atoms with Crippen molar-refractivity contribution in [3.05, 3.63) is 77.4 Å². The molecule has 2 aromatic rings. The second kappa shape index (κ2) is 5.79. The molecule has 0 saturated carbocycles. The molecule has 1 aliphatic rings. The second-order valence-corrected chi connectivity index (χ2v) is 5.10. The molecule has 112 valence electrons. The molecule has 0 unspecified atom stereocenters. The van der Waals surface area contributed by atoms with Crippen molar-refractivity contribution < 1.29 is 17.6 Å². The van der Waals surface area contributed by atoms with Gasteiger partial charge < -0.3 is 0 Å². The third kappa shape index (κ3) is 2.69. The van der Waals surface area contributed by atoms with Crippen LogP contribution in [0.3, 0.4) is 0 Å². The zero-order chi connectivity index (χ0) is 15.7. The summed E-state index contributed by atoms with van der Waals surface area (Å²) in [7, 11) is 0. The van der Waals surface area contributed by atoms with Crippen LogP contribution in [0.25, 0.3) is 16.7 Å². The van der Waals surface area contributed by atoms with E-state index in [2.05, 4.69) is 0 Å². The smallest absolute Gasteiger partial charge is 0.154 e. The fourth-order valence-electron chi connectivity index (χ4n) is 2.52. The van der Waals surface area contributed by atoms with E-state index in [1.165, 1.54) is 18.2 Å². The maximum Gasteiger partial charge on any atom is 0.154 e. The molecule has 0 saturated heterocycles. The van der Waals surface area contributed by atoms with Gasteiger partial charge in [0.1, 0.15) is 17.5 Å². The standard InChI is InChI=1S/C18H12F4/c19-15-4-2-1-3-13(15)11-5-7-14(17(21)9-11)12-6-8-16(20)18(22)10-12/h1-5,7,9-10H,6,8H2. The third-order valence-electron chi connectivity index (χ3n) is 3.67. The first-order valence-corrected chi connectivity index (χ1v) is 6.86. The van der Waals surface area contributed by atoms with Crippen LogP contribution in [-0.4, -0.2) is 0 Å². The molecule has 2 aromatic carbocycles. The minimum atomic E-state index is -0.959. The fourth-order valence-corrected chi connectivity index (χ4v) is 2.52. The zero-order valence-electron chi connectivity index (χ0n) is 11.5. The van der Waals surface area contributed by atoms with Gasteiger partial charge in [-0.25, -0.2) is 17.6 Å². The van der Waals surface area contributed by atoms with Crippen LogP contribution in [0.1, 0.15) is 18.4 Å². The van der Waals surface area contributed by atoms with Crippen molar-refractivity contribution in [3.8, 4) is 11.1 Å². The van der Waals surface area contributed by atoms with Gasteiger partial charge in [-0.2, -0.15) is 0 Å². The molecule has 0 bridgehead atoms. The van der Waals surface area contributed by atoms with Crippen LogP contribution < -0.4 is 0 Å². The molecule has 0 fully saturated rings. The molecule has 4 heteroatoms. The van der Waals surface area contributed by atoms with Gasteiger partial charge in [-0.15, -0.1) is 0 Å². The van der Waals surface area contributed by atoms with E-state index in [-0.39, 0.29) is 18.4 Å². The second-order valence-electron chi connectivity index (χ2n) is 5.10. The van der Waals surface area contributed by atoms with E-state index in [4.69, 9.17) is 0 Å². The molecule has 0 spiro atoms. The van der Waals surface area contributed by atoms with Crippen LogP contribution in [0.2, 0.25) is 0 Å². The molecule has 0 nitrogen and oxygen atoms in total. The number of benzene rings is 2. The fraction of sp³-hybridized carbons (Fsp3) is 0.111. The summed E-state index contributed by atoms with van der Waals surface area (Å²) in [5.41, 5.74) is 1.31. The number of hydrogen-bond acceptors (Lipinski definition) is 0. The molecule has 0 aliphatic heterocycles. The van der Waals surface area contributed by atoms with Gasteiger partial charge >= 0.3 is 0 Å². The van der Waals surface area contributed by atoms with Crippen LogP contribution in [-0.2, 0) is 0 Å². The Labute approximate surface area is 125 Å². The summed E-state index contributed by atoms with van der Waals surface area (Å²) in [6.45, 7) is 0. The lowest BCUT2D eigenvalue weighted by molar-refractivity contribution is 0.518. The lowest BCUT2D eigenvalue weighted by Gasteiger charge is -2.14. The Bertz CT molecular complexity index is 787. The van der Waals surface area contributed by atoms with Crippen molar-refractivity contribution in [1.29, 1.82) is 0 Å². The first-order valence-electron chi connectivity index (χ1n) is 6.86. The molecule has 0 atom stereocenters. The quantitative estimate of drug-likeness (QED) is 0.600. The van der Waals surface area contributed by atoms with Crippen LogP contribution in [0.5, 0.6) is 0 Å². The highest BCUT2D eigenvalue weighted by Gasteiger charge is 2.17. The SMILES string of the molecule is FC1=C(F)CCC(c2ccc(-c3ccccc3F)cc2F)=C1. The monoisotopic (exact) mass is 304 g/mol. The Balaban J connectivity index is 2.01. The average molecular weight is 304 g/mol. The Hall–Kier alpha value is -2.36. The molecular formula is C18H12F4. The van der Waals surface area contributed by atoms with Gasteiger partial charge in [0.2, 0.25) is 0 Å². The number of halogens is 4. The summed E-state index contributed by atoms with van der Waals surface area (Å²) in [4.78, 5) is 0. The van der Waals surface area contributed by atoms with E-state index in [9.17, 15) is 17.6 Å². The highest BCUT2D eigenvalue weighted by molar-refractivity contribution is 5.73. The van der Waals surface area contributed by atoms with Gasteiger partial charge in [-0.05, 0) is 35.8 Å². The minimum absolute atomic E-state index is 0.0772. The lowest BCUT2D eigenvalue weighted by Crippen LogP contribution is -1.97. The summed E-state index contributed by atoms with van der Waals surface area (Å²) in [5.74, 6) is -2.80. The predicted octanol–water partition coefficient (Wildman–Crippen LogP) is 5.96. The van der Waals surface area contributed by atoms with E-state index in [0.29, 0.717) is 16.7 Å². The first kappa shape index (κ1) is 14.6. The molecular weight excluding hydrogens is 292 g/mol. The van der Waals surface area contributed by atoms with Crippen molar-refractivity contribution in [3.63, 3.8) is 0 Å². The summed E-state index contributed by atoms with van der Waals surface area (Å²) in [6.07, 6.45) is 1.17. The van der Waals surface area contributed by atoms with Crippen LogP contribution in [0.4, 0.5) is 17.6 Å². The Morgan fingerprint density at radius 3 is 2.18 bits per heavy atom. The zero-order valence-corrected chi connectivity index (χ0v) is 11.5. The van der Waals surface area contributed by atoms with Crippen molar-refractivity contribution in [1.82, 2.24) is 0 Å². The Morgan fingerprint density at radius 2 is 1.50 bits per heavy atom. The summed E-state index contributed by atoms with van der Waals surface area (Å²) in [6, 6.07) is 10.3. The first-order chi connectivity index (χ1) is 10.6. The predicted molar refractivity (Wildman–Crippen MR) is 78.2 cm³/mol. The topological polar surface area (TPSA) is 0 Å². The molecule has 0 aromatic heterocycles. The van der Waals surface area contributed by atoms with E-state index < -0.39 is 23.3 Å². The molecule has 3 rings (SSSR count). The number of hydrogen-bond donors (Lipinski definition) is 0. The van der Waals surface area contributed by atoms with Gasteiger partial charge in [0, 0.05) is 17.5 Å². The van der Waals surface area contributed by atoms with Crippen molar-refractivity contribution in [2.75, 3.05) is 0 Å². The Kier molecular flexibility index (Phi) is 3.84. The number of rotatable bonds is 2. The lowest BCUT2D eigenvalue weighted by atomic mass is 9.94. The normalized spacial score (nSPS) is 15.0. The van der Waals surface area contributed by atoms with Gasteiger partial charge in [0.05, 0.1) is 0 Å². The van der Waals surface area contributed by atoms with E-state index in [1.54, 1.807) is 24.3 Å². The molecule has 0 heterocycles. The largest absolute Gasteiger partial charge is 0.209 e. The highest BCUT2D eigenvalue weighted by Crippen LogP contribution is 2.34. The molecule has 1 aliphatic carbocycles. The van der Waals surface area contributed by atoms with Crippen molar-refractivity contribution in [2.45, 2.75) is 12.8 Å². The van der Waals surface area contributed by atoms with Gasteiger partial charge in [-0.3, -0.25) is 0 Å². The molecule has 0 N–H and O–H groups in total.